The van der Waals surface area contributed by atoms with Gasteiger partial charge in [0, 0.05) is 17.6 Å². The van der Waals surface area contributed by atoms with E-state index in [2.05, 4.69) is 28.8 Å². The summed E-state index contributed by atoms with van der Waals surface area (Å²) >= 11 is 0. The molecule has 0 aliphatic carbocycles. The van der Waals surface area contributed by atoms with Crippen molar-refractivity contribution in [3.8, 4) is 0 Å². The van der Waals surface area contributed by atoms with Gasteiger partial charge in [-0.05, 0) is 65.0 Å². The Hall–Kier alpha value is -1.44. The molecule has 1 heterocycles. The third kappa shape index (κ3) is 4.55. The molecular weight excluding hydrogens is 326 g/mol. The topological polar surface area (TPSA) is 78.5 Å². The van der Waals surface area contributed by atoms with Crippen LogP contribution in [0.5, 0.6) is 0 Å². The molecule has 1 saturated heterocycles. The summed E-state index contributed by atoms with van der Waals surface area (Å²) in [7, 11) is -2.20. The largest absolute Gasteiger partial charge is 0.350 e. The minimum atomic E-state index is -3.55. The van der Waals surface area contributed by atoms with Gasteiger partial charge in [0.15, 0.2) is 0 Å². The van der Waals surface area contributed by atoms with E-state index in [0.717, 1.165) is 13.1 Å². The van der Waals surface area contributed by atoms with E-state index in [-0.39, 0.29) is 16.3 Å². The second-order valence-electron chi connectivity index (χ2n) is 6.78. The lowest BCUT2D eigenvalue weighted by atomic mass is 9.98. The van der Waals surface area contributed by atoms with E-state index in [4.69, 9.17) is 0 Å². The van der Waals surface area contributed by atoms with Crippen molar-refractivity contribution in [1.29, 1.82) is 0 Å². The molecule has 6 nitrogen and oxygen atoms in total. The summed E-state index contributed by atoms with van der Waals surface area (Å²) < 4.78 is 26.0. The number of carbonyl (C=O) groups excluding carboxylic acids is 1. The molecular formula is C17H27N3O3S. The number of nitrogens with zero attached hydrogens (tertiary/aromatic N) is 1. The number of piperidine rings is 1. The first-order chi connectivity index (χ1) is 11.3. The summed E-state index contributed by atoms with van der Waals surface area (Å²) in [5, 5.41) is 2.94. The van der Waals surface area contributed by atoms with Crippen LogP contribution >= 0.6 is 0 Å². The summed E-state index contributed by atoms with van der Waals surface area (Å²) in [6, 6.07) is 6.07. The van der Waals surface area contributed by atoms with Crippen LogP contribution in [0.4, 0.5) is 0 Å². The zero-order valence-corrected chi connectivity index (χ0v) is 15.4. The summed E-state index contributed by atoms with van der Waals surface area (Å²) in [6.45, 7) is 6.88. The zero-order valence-electron chi connectivity index (χ0n) is 14.6. The number of likely N-dealkylation sites (tertiary alicyclic amines) is 1. The van der Waals surface area contributed by atoms with Gasteiger partial charge in [0.25, 0.3) is 5.91 Å². The molecule has 0 unspecified atom stereocenters. The number of hydrogen-bond acceptors (Lipinski definition) is 4. The molecule has 0 bridgehead atoms. The Morgan fingerprint density at radius 3 is 2.50 bits per heavy atom. The molecule has 0 spiro atoms. The fraction of sp³-hybridized carbons (Fsp3) is 0.588. The van der Waals surface area contributed by atoms with Crippen molar-refractivity contribution in [1.82, 2.24) is 14.9 Å². The molecule has 134 valence electrons. The Balaban J connectivity index is 2.03. The minimum Gasteiger partial charge on any atom is -0.350 e. The molecule has 1 aromatic carbocycles. The van der Waals surface area contributed by atoms with Crippen molar-refractivity contribution in [3.63, 3.8) is 0 Å². The monoisotopic (exact) mass is 353 g/mol. The van der Waals surface area contributed by atoms with Crippen molar-refractivity contribution in [2.45, 2.75) is 43.5 Å². The molecule has 1 aliphatic rings. The van der Waals surface area contributed by atoms with E-state index >= 15 is 0 Å². The molecule has 0 radical (unpaired) electrons. The maximum Gasteiger partial charge on any atom is 0.251 e. The Labute approximate surface area is 144 Å². The van der Waals surface area contributed by atoms with Crippen LogP contribution in [0, 0.1) is 0 Å². The highest BCUT2D eigenvalue weighted by atomic mass is 32.2. The van der Waals surface area contributed by atoms with Crippen molar-refractivity contribution in [3.05, 3.63) is 29.8 Å². The average molecular weight is 353 g/mol. The van der Waals surface area contributed by atoms with Gasteiger partial charge in [-0.2, -0.15) is 0 Å². The van der Waals surface area contributed by atoms with E-state index in [1.54, 1.807) is 12.1 Å². The van der Waals surface area contributed by atoms with E-state index in [0.29, 0.717) is 12.1 Å². The number of rotatable bonds is 6. The van der Waals surface area contributed by atoms with E-state index in [1.165, 1.54) is 38.4 Å². The van der Waals surface area contributed by atoms with Crippen LogP contribution < -0.4 is 10.0 Å². The van der Waals surface area contributed by atoms with Crippen LogP contribution in [-0.4, -0.2) is 51.4 Å². The normalized spacial score (nSPS) is 16.8. The Bertz CT molecular complexity index is 680. The first-order valence-corrected chi connectivity index (χ1v) is 9.81. The van der Waals surface area contributed by atoms with Gasteiger partial charge in [0.2, 0.25) is 10.0 Å². The van der Waals surface area contributed by atoms with E-state index in [1.807, 2.05) is 0 Å². The third-order valence-corrected chi connectivity index (χ3v) is 5.98. The first kappa shape index (κ1) is 18.9. The molecule has 1 fully saturated rings. The average Bonchev–Trinajstić information content (AvgIpc) is 2.60. The van der Waals surface area contributed by atoms with E-state index in [9.17, 15) is 13.2 Å². The highest BCUT2D eigenvalue weighted by Gasteiger charge is 2.28. The van der Waals surface area contributed by atoms with Gasteiger partial charge < -0.3 is 5.32 Å². The summed E-state index contributed by atoms with van der Waals surface area (Å²) in [4.78, 5) is 14.9. The van der Waals surface area contributed by atoms with Gasteiger partial charge in [0.1, 0.15) is 0 Å². The van der Waals surface area contributed by atoms with Gasteiger partial charge in [0.05, 0.1) is 4.90 Å². The standard InChI is InChI=1S/C17H27N3O3S/c1-17(2,20-10-5-4-6-11-20)13-19-16(21)14-8-7-9-15(12-14)24(22,23)18-3/h7-9,12,18H,4-6,10-11,13H2,1-3H3,(H,19,21). The Kier molecular flexibility index (Phi) is 6.01. The van der Waals surface area contributed by atoms with Crippen molar-refractivity contribution >= 4 is 15.9 Å². The minimum absolute atomic E-state index is 0.0907. The summed E-state index contributed by atoms with van der Waals surface area (Å²) in [5.74, 6) is -0.256. The van der Waals surface area contributed by atoms with E-state index < -0.39 is 10.0 Å². The second kappa shape index (κ2) is 7.63. The molecule has 1 amide bonds. The maximum atomic E-state index is 12.4. The lowest BCUT2D eigenvalue weighted by Gasteiger charge is -2.41. The molecule has 7 heteroatoms. The number of amides is 1. The number of benzene rings is 1. The number of sulfonamides is 1. The van der Waals surface area contributed by atoms with Crippen LogP contribution in [0.2, 0.25) is 0 Å². The fourth-order valence-corrected chi connectivity index (χ4v) is 3.71. The van der Waals surface area contributed by atoms with Crippen molar-refractivity contribution in [2.24, 2.45) is 0 Å². The first-order valence-electron chi connectivity index (χ1n) is 8.33. The lowest BCUT2D eigenvalue weighted by Crippen LogP contribution is -2.53. The van der Waals surface area contributed by atoms with Crippen LogP contribution in [-0.2, 0) is 10.0 Å². The zero-order chi connectivity index (χ0) is 17.8. The van der Waals surface area contributed by atoms with Crippen LogP contribution in [0.15, 0.2) is 29.2 Å². The van der Waals surface area contributed by atoms with Crippen molar-refractivity contribution < 1.29 is 13.2 Å². The van der Waals surface area contributed by atoms with Crippen LogP contribution in [0.3, 0.4) is 0 Å². The highest BCUT2D eigenvalue weighted by Crippen LogP contribution is 2.20. The molecule has 1 aromatic rings. The molecule has 2 rings (SSSR count). The third-order valence-electron chi connectivity index (χ3n) is 4.57. The summed E-state index contributed by atoms with van der Waals surface area (Å²) in [6.07, 6.45) is 3.66. The predicted molar refractivity (Wildman–Crippen MR) is 94.5 cm³/mol. The highest BCUT2D eigenvalue weighted by molar-refractivity contribution is 7.89. The van der Waals surface area contributed by atoms with Gasteiger partial charge in [-0.15, -0.1) is 0 Å². The van der Waals surface area contributed by atoms with Crippen molar-refractivity contribution in [2.75, 3.05) is 26.7 Å². The summed E-state index contributed by atoms with van der Waals surface area (Å²) in [5.41, 5.74) is 0.228. The number of carbonyl (C=O) groups is 1. The molecule has 0 atom stereocenters. The number of hydrogen-bond donors (Lipinski definition) is 2. The van der Waals surface area contributed by atoms with Gasteiger partial charge >= 0.3 is 0 Å². The van der Waals surface area contributed by atoms with Gasteiger partial charge in [-0.25, -0.2) is 13.1 Å². The van der Waals surface area contributed by atoms with Gasteiger partial charge in [-0.1, -0.05) is 12.5 Å². The maximum absolute atomic E-state index is 12.4. The molecule has 1 aliphatic heterocycles. The van der Waals surface area contributed by atoms with Crippen LogP contribution in [0.1, 0.15) is 43.5 Å². The smallest absolute Gasteiger partial charge is 0.251 e. The number of nitrogens with one attached hydrogen (secondary N) is 2. The SMILES string of the molecule is CNS(=O)(=O)c1cccc(C(=O)NCC(C)(C)N2CCCCC2)c1. The molecule has 0 saturated carbocycles. The Morgan fingerprint density at radius 2 is 1.88 bits per heavy atom. The predicted octanol–water partition coefficient (Wildman–Crippen LogP) is 1.59. The molecule has 24 heavy (non-hydrogen) atoms. The van der Waals surface area contributed by atoms with Gasteiger partial charge in [-0.3, -0.25) is 9.69 Å². The quantitative estimate of drug-likeness (QED) is 0.814. The van der Waals surface area contributed by atoms with Crippen LogP contribution in [0.25, 0.3) is 0 Å². The Morgan fingerprint density at radius 1 is 1.21 bits per heavy atom. The lowest BCUT2D eigenvalue weighted by molar-refractivity contribution is 0.0797. The molecule has 2 N–H and O–H groups in total. The molecule has 0 aromatic heterocycles. The second-order valence-corrected chi connectivity index (χ2v) is 8.66. The fourth-order valence-electron chi connectivity index (χ4n) is 2.93.